The van der Waals surface area contributed by atoms with E-state index in [1.807, 2.05) is 0 Å². The van der Waals surface area contributed by atoms with Crippen molar-refractivity contribution in [3.8, 4) is 0 Å². The van der Waals surface area contributed by atoms with Crippen LogP contribution in [0.15, 0.2) is 7.47 Å². The Morgan fingerprint density at radius 1 is 1.11 bits per heavy atom. The minimum absolute atomic E-state index is 1.14. The Morgan fingerprint density at radius 2 is 1.44 bits per heavy atom. The zero-order valence-corrected chi connectivity index (χ0v) is 7.54. The molecule has 0 saturated heterocycles. The summed E-state index contributed by atoms with van der Waals surface area (Å²) in [5.74, 6) is 0. The van der Waals surface area contributed by atoms with Crippen LogP contribution in [0, 0.1) is 0 Å². The molecule has 0 heterocycles. The van der Waals surface area contributed by atoms with Crippen LogP contribution in [0.4, 0.5) is 0 Å². The van der Waals surface area contributed by atoms with Gasteiger partial charge in [-0.3, -0.25) is 0 Å². The average molecular weight is 181 g/mol. The van der Waals surface area contributed by atoms with Crippen LogP contribution in [0.2, 0.25) is 0 Å². The fourth-order valence-electron chi connectivity index (χ4n) is 0.242. The van der Waals surface area contributed by atoms with Crippen LogP contribution in [0.1, 0.15) is 0 Å². The molecule has 0 aliphatic carbocycles. The van der Waals surface area contributed by atoms with E-state index in [0.717, 1.165) is 12.2 Å². The zero-order valence-electron chi connectivity index (χ0n) is 4.57. The molecule has 0 unspecified atom stereocenters. The van der Waals surface area contributed by atoms with E-state index in [2.05, 4.69) is 7.47 Å². The van der Waals surface area contributed by atoms with Crippen LogP contribution in [-0.4, -0.2) is 12.2 Å². The Hall–Kier alpha value is -0.697. The molecule has 4 N–H and O–H groups in total. The van der Waals surface area contributed by atoms with Crippen LogP contribution in [0.3, 0.4) is 0 Å². The summed E-state index contributed by atoms with van der Waals surface area (Å²) in [5.41, 5.74) is 0. The first-order chi connectivity index (χ1) is 4.12. The Kier molecular flexibility index (Phi) is 3.09. The summed E-state index contributed by atoms with van der Waals surface area (Å²) in [6, 6.07) is 0. The number of nitrogens with two attached hydrogens (primary N) is 2. The van der Waals surface area contributed by atoms with Gasteiger partial charge in [0.05, 0.1) is 0 Å². The molecule has 0 aromatic heterocycles. The molecule has 0 aliphatic heterocycles. The number of isocyanates is 2. The van der Waals surface area contributed by atoms with Crippen molar-refractivity contribution < 1.29 is 25.3 Å². The van der Waals surface area contributed by atoms with Crippen molar-refractivity contribution in [2.45, 2.75) is 0 Å². The number of hydrogen-bond donors (Lipinski definition) is 2. The standard InChI is InChI=1S/2CNO.2H2N.Zn/c2*2-1-3;;;/h;;2*1H2;/q4*-1;+4. The van der Waals surface area contributed by atoms with Gasteiger partial charge in [0.25, 0.3) is 0 Å². The number of nitrogens with zero attached hydrogens (tertiary/aromatic N) is 2. The molecule has 0 atom stereocenters. The van der Waals surface area contributed by atoms with E-state index in [4.69, 9.17) is 8.95 Å². The Balaban J connectivity index is 4.36. The molecular weight excluding hydrogens is 177 g/mol. The van der Waals surface area contributed by atoms with Gasteiger partial charge in [-0.15, -0.1) is 0 Å². The van der Waals surface area contributed by atoms with Gasteiger partial charge in [0, 0.05) is 0 Å². The summed E-state index contributed by atoms with van der Waals surface area (Å²) in [6.07, 6.45) is 2.28. The fourth-order valence-corrected chi connectivity index (χ4v) is 1.26. The second kappa shape index (κ2) is 3.35. The summed E-state index contributed by atoms with van der Waals surface area (Å²) >= 11 is -4.05. The molecule has 0 bridgehead atoms. The van der Waals surface area contributed by atoms with Crippen molar-refractivity contribution in [1.29, 1.82) is 0 Å². The van der Waals surface area contributed by atoms with Crippen LogP contribution in [0.5, 0.6) is 0 Å². The third-order valence-electron chi connectivity index (χ3n) is 0.636. The molecule has 0 rings (SSSR count). The first-order valence-corrected chi connectivity index (χ1v) is 8.38. The van der Waals surface area contributed by atoms with Crippen molar-refractivity contribution in [3.63, 3.8) is 0 Å². The Labute approximate surface area is 54.5 Å². The predicted molar refractivity (Wildman–Crippen MR) is 24.6 cm³/mol. The molecule has 0 aromatic rings. The van der Waals surface area contributed by atoms with Crippen LogP contribution >= 0.6 is 0 Å². The molecule has 0 saturated carbocycles. The molecule has 0 aromatic carbocycles. The average Bonchev–Trinajstić information content (AvgIpc) is 1.64. The number of hydrogen-bond acceptors (Lipinski definition) is 6. The van der Waals surface area contributed by atoms with E-state index in [-0.39, 0.29) is 0 Å². The molecule has 0 radical (unpaired) electrons. The SMILES string of the molecule is [NH2][Zn]([NH2])([N]=C=O)[N]=C=O. The number of carbonyl (C=O) groups excluding carboxylic acids is 2. The van der Waals surface area contributed by atoms with Crippen LogP contribution < -0.4 is 8.95 Å². The summed E-state index contributed by atoms with van der Waals surface area (Å²) in [4.78, 5) is 19.0. The molecule has 7 heteroatoms. The van der Waals surface area contributed by atoms with Crippen molar-refractivity contribution in [3.05, 3.63) is 0 Å². The second-order valence-electron chi connectivity index (χ2n) is 1.61. The normalized spacial score (nSPS) is 7.33. The third kappa shape index (κ3) is 3.85. The Bertz CT molecular complexity index is 169. The van der Waals surface area contributed by atoms with E-state index in [0.29, 0.717) is 0 Å². The molecule has 9 heavy (non-hydrogen) atoms. The third-order valence-corrected chi connectivity index (χ3v) is 3.30. The fraction of sp³-hybridized carbons (Fsp3) is 0. The van der Waals surface area contributed by atoms with Crippen molar-refractivity contribution in [2.75, 3.05) is 0 Å². The van der Waals surface area contributed by atoms with Crippen LogP contribution in [0.25, 0.3) is 0 Å². The van der Waals surface area contributed by atoms with Gasteiger partial charge >= 0.3 is 53.9 Å². The molecule has 0 spiro atoms. The van der Waals surface area contributed by atoms with E-state index in [9.17, 15) is 9.59 Å². The van der Waals surface area contributed by atoms with Gasteiger partial charge in [0.1, 0.15) is 0 Å². The van der Waals surface area contributed by atoms with Gasteiger partial charge in [-0.25, -0.2) is 0 Å². The molecule has 0 aliphatic rings. The van der Waals surface area contributed by atoms with E-state index in [1.54, 1.807) is 0 Å². The van der Waals surface area contributed by atoms with E-state index >= 15 is 0 Å². The minimum atomic E-state index is -4.05. The van der Waals surface area contributed by atoms with Gasteiger partial charge in [-0.1, -0.05) is 0 Å². The summed E-state index contributed by atoms with van der Waals surface area (Å²) in [7, 11) is 0. The monoisotopic (exact) mass is 180 g/mol. The van der Waals surface area contributed by atoms with E-state index in [1.165, 1.54) is 0 Å². The van der Waals surface area contributed by atoms with Gasteiger partial charge in [-0.2, -0.15) is 0 Å². The second-order valence-corrected chi connectivity index (χ2v) is 7.58. The van der Waals surface area contributed by atoms with E-state index < -0.39 is 15.7 Å². The predicted octanol–water partition coefficient (Wildman–Crippen LogP) is -1.61. The summed E-state index contributed by atoms with van der Waals surface area (Å²) in [6.45, 7) is 0. The van der Waals surface area contributed by atoms with Gasteiger partial charge in [0.2, 0.25) is 0 Å². The number of rotatable bonds is 2. The quantitative estimate of drug-likeness (QED) is 0.303. The first-order valence-electron chi connectivity index (χ1n) is 2.30. The maximum absolute atomic E-state index is 9.51. The summed E-state index contributed by atoms with van der Waals surface area (Å²) < 4.78 is 16.1. The van der Waals surface area contributed by atoms with Crippen molar-refractivity contribution in [1.82, 2.24) is 0 Å². The molecule has 0 amide bonds. The topological polar surface area (TPSA) is 111 Å². The maximum atomic E-state index is 9.51. The molecule has 6 nitrogen and oxygen atoms in total. The first kappa shape index (κ1) is 8.30. The summed E-state index contributed by atoms with van der Waals surface area (Å²) in [5, 5.41) is 0. The zero-order chi connectivity index (χ0) is 7.33. The molecule has 46 valence electrons. The van der Waals surface area contributed by atoms with Crippen molar-refractivity contribution in [2.24, 2.45) is 16.4 Å². The van der Waals surface area contributed by atoms with Crippen molar-refractivity contribution >= 4 is 12.2 Å². The molecular formula is C2H4N4O2Zn. The molecule has 0 fully saturated rings. The van der Waals surface area contributed by atoms with Gasteiger partial charge in [0.15, 0.2) is 0 Å². The van der Waals surface area contributed by atoms with Gasteiger partial charge < -0.3 is 0 Å². The van der Waals surface area contributed by atoms with Crippen LogP contribution in [-0.2, 0) is 25.3 Å². The van der Waals surface area contributed by atoms with Gasteiger partial charge in [-0.05, 0) is 0 Å². The Morgan fingerprint density at radius 3 is 1.67 bits per heavy atom.